The molecule has 1 fully saturated rings. The largest absolute Gasteiger partial charge is 0.352 e. The minimum Gasteiger partial charge on any atom is -0.352 e. The van der Waals surface area contributed by atoms with E-state index in [1.807, 2.05) is 19.9 Å². The van der Waals surface area contributed by atoms with Crippen LogP contribution in [0.25, 0.3) is 11.8 Å². The minimum absolute atomic E-state index is 0.0268. The number of carbonyl (C=O) groups is 1. The number of hydrogen-bond donors (Lipinski definition) is 1. The van der Waals surface area contributed by atoms with Gasteiger partial charge in [0.15, 0.2) is 9.84 Å². The predicted molar refractivity (Wildman–Crippen MR) is 109 cm³/mol. The molecule has 1 aliphatic rings. The highest BCUT2D eigenvalue weighted by atomic mass is 32.2. The molecule has 1 amide bonds. The summed E-state index contributed by atoms with van der Waals surface area (Å²) in [6.07, 6.45) is 3.96. The fourth-order valence-electron chi connectivity index (χ4n) is 3.55. The van der Waals surface area contributed by atoms with E-state index in [1.165, 1.54) is 11.6 Å². The zero-order chi connectivity index (χ0) is 19.6. The Balaban J connectivity index is 1.66. The van der Waals surface area contributed by atoms with Crippen molar-refractivity contribution in [2.45, 2.75) is 27.2 Å². The Labute approximate surface area is 161 Å². The van der Waals surface area contributed by atoms with E-state index in [-0.39, 0.29) is 23.3 Å². The average Bonchev–Trinajstić information content (AvgIpc) is 3.10. The number of amides is 1. The second-order valence-electron chi connectivity index (χ2n) is 7.34. The minimum atomic E-state index is -2.91. The number of aryl methyl sites for hydroxylation is 2. The fourth-order valence-corrected chi connectivity index (χ4v) is 5.41. The molecule has 3 rings (SSSR count). The summed E-state index contributed by atoms with van der Waals surface area (Å²) in [5, 5.41) is 2.81. The van der Waals surface area contributed by atoms with Crippen LogP contribution in [0.15, 0.2) is 36.4 Å². The third-order valence-corrected chi connectivity index (χ3v) is 6.91. The van der Waals surface area contributed by atoms with Crippen LogP contribution in [0.1, 0.15) is 28.9 Å². The van der Waals surface area contributed by atoms with E-state index >= 15 is 0 Å². The molecule has 6 heteroatoms. The first-order valence-corrected chi connectivity index (χ1v) is 11.0. The molecule has 1 atom stereocenters. The number of nitrogens with one attached hydrogen (secondary N) is 1. The van der Waals surface area contributed by atoms with Crippen LogP contribution in [0.3, 0.4) is 0 Å². The van der Waals surface area contributed by atoms with Gasteiger partial charge in [0.05, 0.1) is 11.5 Å². The van der Waals surface area contributed by atoms with E-state index in [9.17, 15) is 13.2 Å². The molecule has 144 valence electrons. The summed E-state index contributed by atoms with van der Waals surface area (Å²) in [6.45, 7) is 6.55. The Bertz CT molecular complexity index is 970. The van der Waals surface area contributed by atoms with Crippen LogP contribution in [-0.4, -0.2) is 36.9 Å². The monoisotopic (exact) mass is 386 g/mol. The first-order chi connectivity index (χ1) is 12.7. The lowest BCUT2D eigenvalue weighted by Gasteiger charge is -2.10. The van der Waals surface area contributed by atoms with Gasteiger partial charge in [-0.25, -0.2) is 8.42 Å². The van der Waals surface area contributed by atoms with Gasteiger partial charge in [-0.05, 0) is 62.9 Å². The average molecular weight is 387 g/mol. The summed E-state index contributed by atoms with van der Waals surface area (Å²) in [4.78, 5) is 12.1. The second-order valence-corrected chi connectivity index (χ2v) is 9.57. The number of benzene rings is 1. The SMILES string of the molecule is Cc1ccc(-n2c(C)cc(/C=C/C(=O)NC[C@H]3CCS(=O)(=O)C3)c2C)cc1. The fraction of sp³-hybridized carbons (Fsp3) is 0.381. The molecule has 0 bridgehead atoms. The number of rotatable bonds is 5. The van der Waals surface area contributed by atoms with E-state index in [2.05, 4.69) is 47.1 Å². The third-order valence-electron chi connectivity index (χ3n) is 5.07. The molecule has 0 aliphatic carbocycles. The molecule has 0 saturated carbocycles. The van der Waals surface area contributed by atoms with Crippen molar-refractivity contribution in [2.75, 3.05) is 18.1 Å². The topological polar surface area (TPSA) is 68.2 Å². The highest BCUT2D eigenvalue weighted by Crippen LogP contribution is 2.22. The molecule has 0 radical (unpaired) electrons. The highest BCUT2D eigenvalue weighted by Gasteiger charge is 2.27. The number of sulfone groups is 1. The van der Waals surface area contributed by atoms with Gasteiger partial charge in [-0.2, -0.15) is 0 Å². The summed E-state index contributed by atoms with van der Waals surface area (Å²) in [7, 11) is -2.91. The van der Waals surface area contributed by atoms with Crippen LogP contribution in [0.5, 0.6) is 0 Å². The zero-order valence-corrected chi connectivity index (χ0v) is 16.8. The van der Waals surface area contributed by atoms with Crippen molar-refractivity contribution in [1.82, 2.24) is 9.88 Å². The molecule has 27 heavy (non-hydrogen) atoms. The number of carbonyl (C=O) groups excluding carboxylic acids is 1. The van der Waals surface area contributed by atoms with Crippen molar-refractivity contribution >= 4 is 21.8 Å². The molecule has 2 aromatic rings. The van der Waals surface area contributed by atoms with E-state index < -0.39 is 9.84 Å². The van der Waals surface area contributed by atoms with Crippen LogP contribution in [-0.2, 0) is 14.6 Å². The summed E-state index contributed by atoms with van der Waals surface area (Å²) >= 11 is 0. The summed E-state index contributed by atoms with van der Waals surface area (Å²) in [5.74, 6) is 0.238. The predicted octanol–water partition coefficient (Wildman–Crippen LogP) is 2.97. The van der Waals surface area contributed by atoms with Crippen molar-refractivity contribution in [3.63, 3.8) is 0 Å². The lowest BCUT2D eigenvalue weighted by Crippen LogP contribution is -2.28. The van der Waals surface area contributed by atoms with Gasteiger partial charge in [-0.15, -0.1) is 0 Å². The summed E-state index contributed by atoms with van der Waals surface area (Å²) in [6, 6.07) is 10.4. The van der Waals surface area contributed by atoms with E-state index in [4.69, 9.17) is 0 Å². The molecule has 1 N–H and O–H groups in total. The van der Waals surface area contributed by atoms with Gasteiger partial charge in [-0.1, -0.05) is 17.7 Å². The smallest absolute Gasteiger partial charge is 0.244 e. The van der Waals surface area contributed by atoms with E-state index in [0.717, 1.165) is 22.6 Å². The number of hydrogen-bond acceptors (Lipinski definition) is 3. The van der Waals surface area contributed by atoms with Gasteiger partial charge in [0.25, 0.3) is 0 Å². The van der Waals surface area contributed by atoms with Gasteiger partial charge >= 0.3 is 0 Å². The van der Waals surface area contributed by atoms with Crippen molar-refractivity contribution in [2.24, 2.45) is 5.92 Å². The van der Waals surface area contributed by atoms with Crippen molar-refractivity contribution in [3.8, 4) is 5.69 Å². The molecule has 1 saturated heterocycles. The second kappa shape index (κ2) is 7.72. The van der Waals surface area contributed by atoms with Crippen molar-refractivity contribution < 1.29 is 13.2 Å². The lowest BCUT2D eigenvalue weighted by atomic mass is 10.1. The Morgan fingerprint density at radius 1 is 1.22 bits per heavy atom. The standard InChI is InChI=1S/C21H26N2O3S/c1-15-4-7-20(8-5-15)23-16(2)12-19(17(23)3)6-9-21(24)22-13-18-10-11-27(25,26)14-18/h4-9,12,18H,10-11,13-14H2,1-3H3,(H,22,24)/b9-6+/t18-/m1/s1. The summed E-state index contributed by atoms with van der Waals surface area (Å²) in [5.41, 5.74) is 5.48. The zero-order valence-electron chi connectivity index (χ0n) is 16.0. The maximum atomic E-state index is 12.1. The molecular weight excluding hydrogens is 360 g/mol. The lowest BCUT2D eigenvalue weighted by molar-refractivity contribution is -0.116. The molecule has 5 nitrogen and oxygen atoms in total. The Morgan fingerprint density at radius 3 is 2.56 bits per heavy atom. The summed E-state index contributed by atoms with van der Waals surface area (Å²) < 4.78 is 25.1. The normalized spacial score (nSPS) is 18.9. The first kappa shape index (κ1) is 19.4. The van der Waals surface area contributed by atoms with E-state index in [0.29, 0.717) is 13.0 Å². The van der Waals surface area contributed by atoms with Gasteiger partial charge in [0, 0.05) is 29.7 Å². The van der Waals surface area contributed by atoms with Crippen LogP contribution in [0.4, 0.5) is 0 Å². The molecular formula is C21H26N2O3S. The molecule has 0 spiro atoms. The van der Waals surface area contributed by atoms with Gasteiger partial charge in [0.1, 0.15) is 0 Å². The van der Waals surface area contributed by atoms with Crippen LogP contribution < -0.4 is 5.32 Å². The molecule has 1 aliphatic heterocycles. The maximum Gasteiger partial charge on any atom is 0.244 e. The molecule has 0 unspecified atom stereocenters. The van der Waals surface area contributed by atoms with Gasteiger partial charge in [-0.3, -0.25) is 4.79 Å². The third kappa shape index (κ3) is 4.69. The number of nitrogens with zero attached hydrogens (tertiary/aromatic N) is 1. The molecule has 1 aromatic carbocycles. The van der Waals surface area contributed by atoms with Crippen molar-refractivity contribution in [1.29, 1.82) is 0 Å². The van der Waals surface area contributed by atoms with Crippen LogP contribution in [0.2, 0.25) is 0 Å². The highest BCUT2D eigenvalue weighted by molar-refractivity contribution is 7.91. The Morgan fingerprint density at radius 2 is 1.93 bits per heavy atom. The first-order valence-electron chi connectivity index (χ1n) is 9.17. The van der Waals surface area contributed by atoms with Crippen LogP contribution in [0, 0.1) is 26.7 Å². The molecule has 1 aromatic heterocycles. The van der Waals surface area contributed by atoms with E-state index in [1.54, 1.807) is 0 Å². The van der Waals surface area contributed by atoms with Crippen molar-refractivity contribution in [3.05, 3.63) is 58.9 Å². The van der Waals surface area contributed by atoms with Gasteiger partial charge < -0.3 is 9.88 Å². The molecule has 2 heterocycles. The maximum absolute atomic E-state index is 12.1. The Kier molecular flexibility index (Phi) is 5.56. The quantitative estimate of drug-likeness (QED) is 0.804. The van der Waals surface area contributed by atoms with Crippen LogP contribution >= 0.6 is 0 Å². The number of aromatic nitrogens is 1. The van der Waals surface area contributed by atoms with Gasteiger partial charge in [0.2, 0.25) is 5.91 Å². The Hall–Kier alpha value is -2.34.